The lowest BCUT2D eigenvalue weighted by atomic mass is 9.98. The molecule has 21 heavy (non-hydrogen) atoms. The molecule has 124 valence electrons. The van der Waals surface area contributed by atoms with Crippen LogP contribution >= 0.6 is 25.3 Å². The summed E-state index contributed by atoms with van der Waals surface area (Å²) < 4.78 is 15.8. The largest absolute Gasteiger partial charge is 0.463 e. The first-order chi connectivity index (χ1) is 9.78. The van der Waals surface area contributed by atoms with Gasteiger partial charge in [0, 0.05) is 11.5 Å². The molecule has 0 aromatic heterocycles. The van der Waals surface area contributed by atoms with Crippen molar-refractivity contribution in [1.29, 1.82) is 0 Å². The zero-order valence-corrected chi connectivity index (χ0v) is 14.8. The van der Waals surface area contributed by atoms with Crippen molar-refractivity contribution in [2.45, 2.75) is 39.7 Å². The highest BCUT2D eigenvalue weighted by molar-refractivity contribution is 7.80. The van der Waals surface area contributed by atoms with Gasteiger partial charge in [0.25, 0.3) is 0 Å². The van der Waals surface area contributed by atoms with Gasteiger partial charge in [-0.15, -0.1) is 0 Å². The van der Waals surface area contributed by atoms with Gasteiger partial charge in [-0.05, 0) is 5.41 Å². The number of rotatable bonds is 10. The SMILES string of the molecule is CC(C)(C)COC(COC(=O)CCS)COC(=O)CCS. The summed E-state index contributed by atoms with van der Waals surface area (Å²) >= 11 is 7.93. The molecular weight excluding hydrogens is 312 g/mol. The molecule has 0 saturated heterocycles. The second-order valence-corrected chi connectivity index (χ2v) is 6.70. The summed E-state index contributed by atoms with van der Waals surface area (Å²) in [6.07, 6.45) is 0.0280. The van der Waals surface area contributed by atoms with Gasteiger partial charge >= 0.3 is 11.9 Å². The Bertz CT molecular complexity index is 293. The van der Waals surface area contributed by atoms with Crippen LogP contribution in [-0.4, -0.2) is 49.4 Å². The van der Waals surface area contributed by atoms with Crippen LogP contribution < -0.4 is 0 Å². The summed E-state index contributed by atoms with van der Waals surface area (Å²) in [5, 5.41) is 0. The van der Waals surface area contributed by atoms with Crippen LogP contribution in [0.2, 0.25) is 0 Å². The molecule has 5 nitrogen and oxygen atoms in total. The number of hydrogen-bond donors (Lipinski definition) is 2. The maximum absolute atomic E-state index is 11.3. The Hall–Kier alpha value is -0.400. The third-order valence-electron chi connectivity index (χ3n) is 2.24. The second kappa shape index (κ2) is 11.2. The van der Waals surface area contributed by atoms with Gasteiger partial charge in [-0.2, -0.15) is 25.3 Å². The van der Waals surface area contributed by atoms with Gasteiger partial charge in [0.15, 0.2) is 0 Å². The van der Waals surface area contributed by atoms with Gasteiger partial charge in [0.05, 0.1) is 19.4 Å². The monoisotopic (exact) mass is 338 g/mol. The normalized spacial score (nSPS) is 11.5. The molecule has 0 unspecified atom stereocenters. The minimum absolute atomic E-state index is 0.0253. The predicted molar refractivity (Wildman–Crippen MR) is 88.1 cm³/mol. The Morgan fingerprint density at radius 3 is 1.71 bits per heavy atom. The molecule has 0 saturated carbocycles. The van der Waals surface area contributed by atoms with E-state index in [4.69, 9.17) is 14.2 Å². The van der Waals surface area contributed by atoms with Crippen molar-refractivity contribution >= 4 is 37.2 Å². The van der Waals surface area contributed by atoms with Gasteiger partial charge in [-0.3, -0.25) is 9.59 Å². The molecule has 7 heteroatoms. The molecule has 0 aromatic rings. The highest BCUT2D eigenvalue weighted by Gasteiger charge is 2.19. The molecule has 0 radical (unpaired) electrons. The number of carbonyl (C=O) groups is 2. The first kappa shape index (κ1) is 20.6. The second-order valence-electron chi connectivity index (χ2n) is 5.81. The molecule has 0 N–H and O–H groups in total. The minimum atomic E-state index is -0.461. The fraction of sp³-hybridized carbons (Fsp3) is 0.857. The van der Waals surface area contributed by atoms with E-state index < -0.39 is 6.10 Å². The van der Waals surface area contributed by atoms with Crippen molar-refractivity contribution in [1.82, 2.24) is 0 Å². The van der Waals surface area contributed by atoms with E-state index in [-0.39, 0.29) is 43.4 Å². The molecule has 0 fully saturated rings. The number of ether oxygens (including phenoxy) is 3. The summed E-state index contributed by atoms with van der Waals surface area (Å²) in [5.74, 6) is 0.194. The quantitative estimate of drug-likeness (QED) is 0.472. The summed E-state index contributed by atoms with van der Waals surface area (Å²) in [6.45, 7) is 6.71. The molecule has 0 aliphatic rings. The van der Waals surface area contributed by atoms with Crippen molar-refractivity contribution in [3.05, 3.63) is 0 Å². The smallest absolute Gasteiger partial charge is 0.306 e. The molecular formula is C14H26O5S2. The molecule has 0 amide bonds. The van der Waals surface area contributed by atoms with Crippen LogP contribution in [0.1, 0.15) is 33.6 Å². The van der Waals surface area contributed by atoms with Crippen LogP contribution in [-0.2, 0) is 23.8 Å². The van der Waals surface area contributed by atoms with Gasteiger partial charge in [-0.1, -0.05) is 20.8 Å². The van der Waals surface area contributed by atoms with E-state index in [1.807, 2.05) is 20.8 Å². The fourth-order valence-electron chi connectivity index (χ4n) is 1.21. The van der Waals surface area contributed by atoms with E-state index in [2.05, 4.69) is 25.3 Å². The molecule has 0 aliphatic carbocycles. The van der Waals surface area contributed by atoms with Crippen molar-refractivity contribution in [3.63, 3.8) is 0 Å². The third-order valence-corrected chi connectivity index (χ3v) is 2.69. The first-order valence-electron chi connectivity index (χ1n) is 6.93. The Labute approximate surface area is 137 Å². The number of carbonyl (C=O) groups excluding carboxylic acids is 2. The van der Waals surface area contributed by atoms with Crippen LogP contribution in [0.5, 0.6) is 0 Å². The van der Waals surface area contributed by atoms with Gasteiger partial charge in [0.1, 0.15) is 19.3 Å². The van der Waals surface area contributed by atoms with Crippen molar-refractivity contribution < 1.29 is 23.8 Å². The average molecular weight is 338 g/mol. The van der Waals surface area contributed by atoms with E-state index >= 15 is 0 Å². The summed E-state index contributed by atoms with van der Waals surface area (Å²) in [4.78, 5) is 22.7. The molecule has 0 heterocycles. The molecule has 0 rings (SSSR count). The fourth-order valence-corrected chi connectivity index (χ4v) is 1.58. The van der Waals surface area contributed by atoms with E-state index in [0.29, 0.717) is 18.1 Å². The molecule has 0 bridgehead atoms. The van der Waals surface area contributed by atoms with Crippen molar-refractivity contribution in [3.8, 4) is 0 Å². The Morgan fingerprint density at radius 2 is 1.38 bits per heavy atom. The van der Waals surface area contributed by atoms with Crippen LogP contribution in [0.15, 0.2) is 0 Å². The highest BCUT2D eigenvalue weighted by Crippen LogP contribution is 2.14. The lowest BCUT2D eigenvalue weighted by molar-refractivity contribution is -0.156. The summed E-state index contributed by atoms with van der Waals surface area (Å²) in [6, 6.07) is 0. The maximum atomic E-state index is 11.3. The molecule has 0 aromatic carbocycles. The number of hydrogen-bond acceptors (Lipinski definition) is 7. The van der Waals surface area contributed by atoms with Crippen LogP contribution in [0.4, 0.5) is 0 Å². The van der Waals surface area contributed by atoms with Gasteiger partial charge < -0.3 is 14.2 Å². The number of thiol groups is 2. The predicted octanol–water partition coefficient (Wildman–Crippen LogP) is 2.14. The molecule has 0 atom stereocenters. The van der Waals surface area contributed by atoms with Crippen molar-refractivity contribution in [2.24, 2.45) is 5.41 Å². The third kappa shape index (κ3) is 13.0. The zero-order valence-electron chi connectivity index (χ0n) is 13.0. The van der Waals surface area contributed by atoms with Crippen LogP contribution in [0, 0.1) is 5.41 Å². The lowest BCUT2D eigenvalue weighted by Gasteiger charge is -2.23. The topological polar surface area (TPSA) is 61.8 Å². The Balaban J connectivity index is 4.26. The summed E-state index contributed by atoms with van der Waals surface area (Å²) in [7, 11) is 0. The van der Waals surface area contributed by atoms with Crippen LogP contribution in [0.3, 0.4) is 0 Å². The summed E-state index contributed by atoms with van der Waals surface area (Å²) in [5.41, 5.74) is -0.0253. The minimum Gasteiger partial charge on any atom is -0.463 e. The average Bonchev–Trinajstić information content (AvgIpc) is 2.37. The van der Waals surface area contributed by atoms with Crippen molar-refractivity contribution in [2.75, 3.05) is 31.3 Å². The first-order valence-corrected chi connectivity index (χ1v) is 8.19. The van der Waals surface area contributed by atoms with E-state index in [1.54, 1.807) is 0 Å². The zero-order chi connectivity index (χ0) is 16.3. The van der Waals surface area contributed by atoms with E-state index in [1.165, 1.54) is 0 Å². The lowest BCUT2D eigenvalue weighted by Crippen LogP contribution is -2.31. The van der Waals surface area contributed by atoms with E-state index in [0.717, 1.165) is 0 Å². The highest BCUT2D eigenvalue weighted by atomic mass is 32.1. The number of esters is 2. The maximum Gasteiger partial charge on any atom is 0.306 e. The van der Waals surface area contributed by atoms with Gasteiger partial charge in [-0.25, -0.2) is 0 Å². The molecule has 0 aliphatic heterocycles. The van der Waals surface area contributed by atoms with Gasteiger partial charge in [0.2, 0.25) is 0 Å². The molecule has 0 spiro atoms. The Morgan fingerprint density at radius 1 is 0.952 bits per heavy atom. The van der Waals surface area contributed by atoms with Crippen LogP contribution in [0.25, 0.3) is 0 Å². The standard InChI is InChI=1S/C14H26O5S2/c1-14(2,3)10-19-11(8-17-12(15)4-6-20)9-18-13(16)5-7-21/h11,20-21H,4-10H2,1-3H3. The van der Waals surface area contributed by atoms with E-state index in [9.17, 15) is 9.59 Å². The Kier molecular flexibility index (Phi) is 11.0.